The molecule has 2 atom stereocenters. The summed E-state index contributed by atoms with van der Waals surface area (Å²) >= 11 is 0. The third-order valence-corrected chi connectivity index (χ3v) is 7.29. The fraction of sp³-hybridized carbons (Fsp3) is 0.529. The average Bonchev–Trinajstić information content (AvgIpc) is 3.14. The minimum Gasteiger partial charge on any atom is -0.368 e. The van der Waals surface area contributed by atoms with Crippen LogP contribution in [0.2, 0.25) is 0 Å². The van der Waals surface area contributed by atoms with Crippen LogP contribution in [-0.2, 0) is 19.3 Å². The normalized spacial score (nSPS) is 26.2. The van der Waals surface area contributed by atoms with Crippen LogP contribution in [0.25, 0.3) is 0 Å². The molecule has 1 saturated heterocycles. The largest absolute Gasteiger partial charge is 0.368 e. The first-order valence-corrected chi connectivity index (χ1v) is 10.1. The second kappa shape index (κ2) is 5.67. The minimum atomic E-state index is -3.28. The van der Waals surface area contributed by atoms with Gasteiger partial charge in [-0.1, -0.05) is 35.5 Å². The van der Waals surface area contributed by atoms with Crippen LogP contribution < -0.4 is 0 Å². The third-order valence-electron chi connectivity index (χ3n) is 5.28. The second-order valence-corrected chi connectivity index (χ2v) is 9.00. The van der Waals surface area contributed by atoms with Gasteiger partial charge in [0.05, 0.1) is 0 Å². The number of ether oxygens (including phenoxy) is 1. The van der Waals surface area contributed by atoms with Crippen molar-refractivity contribution in [3.05, 3.63) is 47.6 Å². The topological polar surface area (TPSA) is 82.3 Å². The van der Waals surface area contributed by atoms with Crippen LogP contribution in [-0.4, -0.2) is 31.4 Å². The SMILES string of the molecule is CS(=O)(=O)C1(c2noc([C@@H]3OCC[C@@H]3c3ccccc3)n2)CCC1. The van der Waals surface area contributed by atoms with Gasteiger partial charge in [-0.15, -0.1) is 0 Å². The van der Waals surface area contributed by atoms with Crippen molar-refractivity contribution in [2.24, 2.45) is 0 Å². The Hall–Kier alpha value is -1.73. The molecule has 1 aromatic carbocycles. The summed E-state index contributed by atoms with van der Waals surface area (Å²) in [6.45, 7) is 0.624. The van der Waals surface area contributed by atoms with E-state index < -0.39 is 14.6 Å². The van der Waals surface area contributed by atoms with Crippen molar-refractivity contribution in [2.45, 2.75) is 42.5 Å². The van der Waals surface area contributed by atoms with Crippen molar-refractivity contribution < 1.29 is 17.7 Å². The lowest BCUT2D eigenvalue weighted by Gasteiger charge is -2.36. The minimum absolute atomic E-state index is 0.148. The molecule has 1 saturated carbocycles. The Kier molecular flexibility index (Phi) is 3.73. The van der Waals surface area contributed by atoms with Crippen LogP contribution in [0.1, 0.15) is 55.0 Å². The first kappa shape index (κ1) is 15.8. The monoisotopic (exact) mass is 348 g/mol. The van der Waals surface area contributed by atoms with E-state index in [9.17, 15) is 8.42 Å². The molecule has 0 amide bonds. The summed E-state index contributed by atoms with van der Waals surface area (Å²) in [5.41, 5.74) is 1.17. The predicted octanol–water partition coefficient (Wildman–Crippen LogP) is 2.74. The van der Waals surface area contributed by atoms with E-state index in [2.05, 4.69) is 22.3 Å². The molecule has 6 nitrogen and oxygen atoms in total. The lowest BCUT2D eigenvalue weighted by Crippen LogP contribution is -2.42. The first-order valence-electron chi connectivity index (χ1n) is 8.21. The zero-order chi connectivity index (χ0) is 16.8. The number of rotatable bonds is 4. The molecule has 2 aromatic rings. The highest BCUT2D eigenvalue weighted by Gasteiger charge is 2.52. The van der Waals surface area contributed by atoms with Gasteiger partial charge in [0.25, 0.3) is 5.89 Å². The molecule has 0 bridgehead atoms. The van der Waals surface area contributed by atoms with Gasteiger partial charge in [-0.3, -0.25) is 0 Å². The lowest BCUT2D eigenvalue weighted by atomic mass is 9.83. The molecule has 4 rings (SSSR count). The number of hydrogen-bond donors (Lipinski definition) is 0. The highest BCUT2D eigenvalue weighted by molar-refractivity contribution is 7.91. The summed E-state index contributed by atoms with van der Waals surface area (Å²) < 4.78 is 34.7. The third kappa shape index (κ3) is 2.38. The molecule has 0 spiro atoms. The van der Waals surface area contributed by atoms with Gasteiger partial charge in [-0.05, 0) is 31.2 Å². The molecule has 2 heterocycles. The van der Waals surface area contributed by atoms with Gasteiger partial charge < -0.3 is 9.26 Å². The highest BCUT2D eigenvalue weighted by atomic mass is 32.2. The van der Waals surface area contributed by atoms with Crippen LogP contribution in [0, 0.1) is 0 Å². The Morgan fingerprint density at radius 1 is 1.21 bits per heavy atom. The van der Waals surface area contributed by atoms with Crippen LogP contribution >= 0.6 is 0 Å². The van der Waals surface area contributed by atoms with E-state index in [-0.39, 0.29) is 17.8 Å². The zero-order valence-electron chi connectivity index (χ0n) is 13.5. The van der Waals surface area contributed by atoms with Crippen molar-refractivity contribution >= 4 is 9.84 Å². The van der Waals surface area contributed by atoms with Crippen LogP contribution in [0.5, 0.6) is 0 Å². The molecule has 128 valence electrons. The van der Waals surface area contributed by atoms with Crippen molar-refractivity contribution in [3.8, 4) is 0 Å². The molecular formula is C17H20N2O4S. The fourth-order valence-electron chi connectivity index (χ4n) is 3.67. The Bertz CT molecular complexity index is 827. The van der Waals surface area contributed by atoms with Gasteiger partial charge in [0, 0.05) is 18.8 Å². The molecule has 1 aromatic heterocycles. The van der Waals surface area contributed by atoms with Crippen LogP contribution in [0.15, 0.2) is 34.9 Å². The van der Waals surface area contributed by atoms with E-state index in [4.69, 9.17) is 9.26 Å². The maximum atomic E-state index is 12.2. The Labute approximate surface area is 141 Å². The van der Waals surface area contributed by atoms with Gasteiger partial charge >= 0.3 is 0 Å². The standard InChI is InChI=1S/C17H20N2O4S/c1-24(20,21)17(9-5-10-17)16-18-15(23-19-16)14-13(8-11-22-14)12-6-3-2-4-7-12/h2-4,6-7,13-14H,5,8-11H2,1H3/t13-,14-/m1/s1. The van der Waals surface area contributed by atoms with E-state index >= 15 is 0 Å². The first-order chi connectivity index (χ1) is 11.5. The molecule has 7 heteroatoms. The van der Waals surface area contributed by atoms with Gasteiger partial charge in [0.15, 0.2) is 15.7 Å². The molecule has 0 unspecified atom stereocenters. The van der Waals surface area contributed by atoms with Gasteiger partial charge in [0.2, 0.25) is 0 Å². The van der Waals surface area contributed by atoms with E-state index in [0.717, 1.165) is 12.8 Å². The van der Waals surface area contributed by atoms with Crippen molar-refractivity contribution in [1.29, 1.82) is 0 Å². The highest BCUT2D eigenvalue weighted by Crippen LogP contribution is 2.48. The summed E-state index contributed by atoms with van der Waals surface area (Å²) in [4.78, 5) is 4.45. The van der Waals surface area contributed by atoms with Gasteiger partial charge in [-0.2, -0.15) is 4.98 Å². The molecular weight excluding hydrogens is 328 g/mol. The second-order valence-electron chi connectivity index (χ2n) is 6.67. The predicted molar refractivity (Wildman–Crippen MR) is 87.2 cm³/mol. The van der Waals surface area contributed by atoms with Crippen LogP contribution in [0.3, 0.4) is 0 Å². The quantitative estimate of drug-likeness (QED) is 0.845. The molecule has 0 N–H and O–H groups in total. The molecule has 2 aliphatic rings. The number of nitrogens with zero attached hydrogens (tertiary/aromatic N) is 2. The number of aromatic nitrogens is 2. The summed E-state index contributed by atoms with van der Waals surface area (Å²) in [5, 5.41) is 4.00. The average molecular weight is 348 g/mol. The number of benzene rings is 1. The molecule has 1 aliphatic carbocycles. The summed E-state index contributed by atoms with van der Waals surface area (Å²) in [6, 6.07) is 10.1. The lowest BCUT2D eigenvalue weighted by molar-refractivity contribution is 0.0758. The molecule has 2 fully saturated rings. The summed E-state index contributed by atoms with van der Waals surface area (Å²) in [6.07, 6.45) is 3.79. The Balaban J connectivity index is 1.65. The maximum absolute atomic E-state index is 12.2. The van der Waals surface area contributed by atoms with Crippen molar-refractivity contribution in [3.63, 3.8) is 0 Å². The van der Waals surface area contributed by atoms with Crippen LogP contribution in [0.4, 0.5) is 0 Å². The summed E-state index contributed by atoms with van der Waals surface area (Å²) in [5.74, 6) is 0.815. The zero-order valence-corrected chi connectivity index (χ0v) is 14.3. The van der Waals surface area contributed by atoms with Gasteiger partial charge in [-0.25, -0.2) is 8.42 Å². The van der Waals surface area contributed by atoms with Crippen molar-refractivity contribution in [1.82, 2.24) is 10.1 Å². The van der Waals surface area contributed by atoms with E-state index in [1.54, 1.807) is 0 Å². The number of sulfone groups is 1. The van der Waals surface area contributed by atoms with E-state index in [0.29, 0.717) is 25.3 Å². The molecule has 24 heavy (non-hydrogen) atoms. The Morgan fingerprint density at radius 2 is 1.96 bits per heavy atom. The van der Waals surface area contributed by atoms with Crippen molar-refractivity contribution in [2.75, 3.05) is 12.9 Å². The van der Waals surface area contributed by atoms with Gasteiger partial charge in [0.1, 0.15) is 10.9 Å². The fourth-order valence-corrected chi connectivity index (χ4v) is 5.11. The Morgan fingerprint density at radius 3 is 2.58 bits per heavy atom. The smallest absolute Gasteiger partial charge is 0.256 e. The maximum Gasteiger partial charge on any atom is 0.256 e. The molecule has 1 aliphatic heterocycles. The summed E-state index contributed by atoms with van der Waals surface area (Å²) in [7, 11) is -3.28. The molecule has 0 radical (unpaired) electrons. The van der Waals surface area contributed by atoms with E-state index in [1.165, 1.54) is 11.8 Å². The number of hydrogen-bond acceptors (Lipinski definition) is 6. The van der Waals surface area contributed by atoms with E-state index in [1.807, 2.05) is 18.2 Å².